The van der Waals surface area contributed by atoms with Gasteiger partial charge in [0.15, 0.2) is 11.6 Å². The molecule has 168 valence electrons. The van der Waals surface area contributed by atoms with Crippen LogP contribution in [0.1, 0.15) is 25.0 Å². The molecular formula is C28H25FO4. The molecule has 3 aromatic rings. The van der Waals surface area contributed by atoms with Gasteiger partial charge in [-0.3, -0.25) is 0 Å². The smallest absolute Gasteiger partial charge is 0.338 e. The van der Waals surface area contributed by atoms with E-state index in [2.05, 4.69) is 13.2 Å². The summed E-state index contributed by atoms with van der Waals surface area (Å²) in [6.45, 7) is 14.1. The highest BCUT2D eigenvalue weighted by Crippen LogP contribution is 2.33. The molecule has 0 aliphatic heterocycles. The van der Waals surface area contributed by atoms with Crippen LogP contribution >= 0.6 is 0 Å². The predicted octanol–water partition coefficient (Wildman–Crippen LogP) is 6.74. The highest BCUT2D eigenvalue weighted by atomic mass is 19.1. The molecule has 0 spiro atoms. The molecule has 0 fully saturated rings. The fourth-order valence-corrected chi connectivity index (χ4v) is 3.31. The van der Waals surface area contributed by atoms with Crippen molar-refractivity contribution in [3.8, 4) is 33.8 Å². The van der Waals surface area contributed by atoms with Crippen LogP contribution in [0, 0.1) is 19.7 Å². The van der Waals surface area contributed by atoms with Crippen molar-refractivity contribution >= 4 is 11.9 Å². The van der Waals surface area contributed by atoms with Gasteiger partial charge in [0, 0.05) is 11.1 Å². The largest absolute Gasteiger partial charge is 0.423 e. The lowest BCUT2D eigenvalue weighted by atomic mass is 9.94. The monoisotopic (exact) mass is 444 g/mol. The molecule has 4 nitrogen and oxygen atoms in total. The van der Waals surface area contributed by atoms with Crippen LogP contribution in [0.25, 0.3) is 22.3 Å². The van der Waals surface area contributed by atoms with E-state index in [1.165, 1.54) is 19.1 Å². The van der Waals surface area contributed by atoms with E-state index in [0.717, 1.165) is 27.8 Å². The molecule has 0 aromatic heterocycles. The molecule has 0 heterocycles. The van der Waals surface area contributed by atoms with E-state index < -0.39 is 17.8 Å². The van der Waals surface area contributed by atoms with Crippen LogP contribution in [0.2, 0.25) is 0 Å². The number of carbonyl (C=O) groups is 2. The lowest BCUT2D eigenvalue weighted by Crippen LogP contribution is -2.09. The minimum Gasteiger partial charge on any atom is -0.423 e. The molecule has 5 heteroatoms. The molecule has 3 aromatic carbocycles. The summed E-state index contributed by atoms with van der Waals surface area (Å²) < 4.78 is 24.8. The van der Waals surface area contributed by atoms with Crippen LogP contribution in [-0.2, 0) is 9.59 Å². The van der Waals surface area contributed by atoms with Gasteiger partial charge in [-0.05, 0) is 85.3 Å². The Balaban J connectivity index is 1.87. The molecule has 0 aliphatic carbocycles. The third-order valence-corrected chi connectivity index (χ3v) is 5.09. The van der Waals surface area contributed by atoms with Crippen LogP contribution in [0.15, 0.2) is 78.9 Å². The lowest BCUT2D eigenvalue weighted by Gasteiger charge is -2.13. The Bertz CT molecular complexity index is 1290. The van der Waals surface area contributed by atoms with Crippen molar-refractivity contribution < 1.29 is 23.5 Å². The standard InChI is InChI=1S/C28H25FO4/c1-16(2)27(30)32-22-9-11-24(19(6)14-22)20-7-10-23(18(5)13-20)21-8-12-26(25(29)15-21)33-28(31)17(3)4/h7-15H,1,3H2,2,4-6H3. The van der Waals surface area contributed by atoms with Crippen molar-refractivity contribution in [2.24, 2.45) is 0 Å². The minimum absolute atomic E-state index is 0.135. The topological polar surface area (TPSA) is 52.6 Å². The maximum atomic E-state index is 14.5. The third-order valence-electron chi connectivity index (χ3n) is 5.09. The van der Waals surface area contributed by atoms with Crippen molar-refractivity contribution in [3.05, 3.63) is 95.8 Å². The third kappa shape index (κ3) is 5.44. The van der Waals surface area contributed by atoms with Crippen LogP contribution in [0.4, 0.5) is 4.39 Å². The predicted molar refractivity (Wildman–Crippen MR) is 128 cm³/mol. The van der Waals surface area contributed by atoms with Crippen LogP contribution in [0.3, 0.4) is 0 Å². The Morgan fingerprint density at radius 1 is 0.727 bits per heavy atom. The van der Waals surface area contributed by atoms with Gasteiger partial charge in [-0.25, -0.2) is 14.0 Å². The number of aryl methyl sites for hydroxylation is 2. The molecule has 33 heavy (non-hydrogen) atoms. The zero-order valence-corrected chi connectivity index (χ0v) is 19.1. The number of halogens is 1. The fourth-order valence-electron chi connectivity index (χ4n) is 3.31. The first-order chi connectivity index (χ1) is 15.6. The summed E-state index contributed by atoms with van der Waals surface area (Å²) in [5, 5.41) is 0. The van der Waals surface area contributed by atoms with E-state index in [9.17, 15) is 14.0 Å². The van der Waals surface area contributed by atoms with E-state index in [-0.39, 0.29) is 11.3 Å². The molecule has 0 bridgehead atoms. The normalized spacial score (nSPS) is 10.5. The summed E-state index contributed by atoms with van der Waals surface area (Å²) in [6.07, 6.45) is 0. The number of hydrogen-bond donors (Lipinski definition) is 0. The van der Waals surface area contributed by atoms with Gasteiger partial charge < -0.3 is 9.47 Å². The van der Waals surface area contributed by atoms with Crippen LogP contribution < -0.4 is 9.47 Å². The average Bonchev–Trinajstić information content (AvgIpc) is 2.75. The number of hydrogen-bond acceptors (Lipinski definition) is 4. The SMILES string of the molecule is C=C(C)C(=O)Oc1ccc(-c2ccc(-c3ccc(OC(=O)C(=C)C)c(F)c3)c(C)c2)c(C)c1. The van der Waals surface area contributed by atoms with Gasteiger partial charge in [0.1, 0.15) is 5.75 Å². The summed E-state index contributed by atoms with van der Waals surface area (Å²) in [4.78, 5) is 23.4. The van der Waals surface area contributed by atoms with Gasteiger partial charge in [0.25, 0.3) is 0 Å². The van der Waals surface area contributed by atoms with Crippen molar-refractivity contribution in [3.63, 3.8) is 0 Å². The summed E-state index contributed by atoms with van der Waals surface area (Å²) >= 11 is 0. The van der Waals surface area contributed by atoms with E-state index in [0.29, 0.717) is 16.9 Å². The van der Waals surface area contributed by atoms with E-state index in [1.807, 2.05) is 38.1 Å². The van der Waals surface area contributed by atoms with E-state index >= 15 is 0 Å². The Morgan fingerprint density at radius 3 is 1.79 bits per heavy atom. The Morgan fingerprint density at radius 2 is 1.24 bits per heavy atom. The molecular weight excluding hydrogens is 419 g/mol. The second-order valence-corrected chi connectivity index (χ2v) is 7.99. The minimum atomic E-state index is -0.669. The molecule has 0 atom stereocenters. The molecule has 0 saturated heterocycles. The van der Waals surface area contributed by atoms with E-state index in [4.69, 9.17) is 9.47 Å². The van der Waals surface area contributed by atoms with Gasteiger partial charge >= 0.3 is 11.9 Å². The maximum Gasteiger partial charge on any atom is 0.338 e. The average molecular weight is 445 g/mol. The van der Waals surface area contributed by atoms with Crippen molar-refractivity contribution in [2.45, 2.75) is 27.7 Å². The summed E-state index contributed by atoms with van der Waals surface area (Å²) in [5.74, 6) is -1.43. The Kier molecular flexibility index (Phi) is 6.92. The van der Waals surface area contributed by atoms with Crippen LogP contribution in [0.5, 0.6) is 11.5 Å². The first-order valence-corrected chi connectivity index (χ1v) is 10.3. The summed E-state index contributed by atoms with van der Waals surface area (Å²) in [7, 11) is 0. The molecule has 0 N–H and O–H groups in total. The van der Waals surface area contributed by atoms with Crippen molar-refractivity contribution in [1.29, 1.82) is 0 Å². The van der Waals surface area contributed by atoms with Gasteiger partial charge in [0.05, 0.1) is 0 Å². The Labute approximate surface area is 193 Å². The molecule has 0 aliphatic rings. The second kappa shape index (κ2) is 9.65. The quantitative estimate of drug-likeness (QED) is 0.240. The summed E-state index contributed by atoms with van der Waals surface area (Å²) in [6, 6.07) is 15.8. The van der Waals surface area contributed by atoms with Gasteiger partial charge in [0.2, 0.25) is 0 Å². The number of carbonyl (C=O) groups excluding carboxylic acids is 2. The molecule has 3 rings (SSSR count). The second-order valence-electron chi connectivity index (χ2n) is 7.99. The van der Waals surface area contributed by atoms with Crippen molar-refractivity contribution in [2.75, 3.05) is 0 Å². The Hall–Kier alpha value is -3.99. The maximum absolute atomic E-state index is 14.5. The zero-order valence-electron chi connectivity index (χ0n) is 19.1. The highest BCUT2D eigenvalue weighted by molar-refractivity contribution is 5.89. The summed E-state index contributed by atoms with van der Waals surface area (Å²) in [5.41, 5.74) is 5.95. The molecule has 0 unspecified atom stereocenters. The van der Waals surface area contributed by atoms with Gasteiger partial charge in [-0.15, -0.1) is 0 Å². The van der Waals surface area contributed by atoms with Gasteiger partial charge in [-0.2, -0.15) is 0 Å². The number of benzene rings is 3. The molecule has 0 saturated carbocycles. The molecule has 0 amide bonds. The van der Waals surface area contributed by atoms with Gasteiger partial charge in [-0.1, -0.05) is 43.5 Å². The fraction of sp³-hybridized carbons (Fsp3) is 0.143. The molecule has 0 radical (unpaired) electrons. The van der Waals surface area contributed by atoms with E-state index in [1.54, 1.807) is 25.1 Å². The highest BCUT2D eigenvalue weighted by Gasteiger charge is 2.14. The first-order valence-electron chi connectivity index (χ1n) is 10.3. The number of ether oxygens (including phenoxy) is 2. The zero-order chi connectivity index (χ0) is 24.3. The van der Waals surface area contributed by atoms with Crippen LogP contribution in [-0.4, -0.2) is 11.9 Å². The number of esters is 2. The lowest BCUT2D eigenvalue weighted by molar-refractivity contribution is -0.131. The first kappa shape index (κ1) is 23.7. The van der Waals surface area contributed by atoms with Crippen molar-refractivity contribution in [1.82, 2.24) is 0 Å². The number of rotatable bonds is 6.